The number of aliphatic carboxylic acids is 1. The van der Waals surface area contributed by atoms with Gasteiger partial charge in [0.1, 0.15) is 6.04 Å². The lowest BCUT2D eigenvalue weighted by molar-refractivity contribution is -0.151. The number of carbonyl (C=O) groups is 3. The second kappa shape index (κ2) is 5.99. The van der Waals surface area contributed by atoms with E-state index in [0.717, 1.165) is 6.42 Å². The van der Waals surface area contributed by atoms with Gasteiger partial charge < -0.3 is 14.9 Å². The van der Waals surface area contributed by atoms with Crippen LogP contribution < -0.4 is 0 Å². The minimum Gasteiger partial charge on any atom is -0.479 e. The molecule has 0 aromatic carbocycles. The van der Waals surface area contributed by atoms with Crippen molar-refractivity contribution >= 4 is 17.8 Å². The van der Waals surface area contributed by atoms with Crippen molar-refractivity contribution in [1.82, 2.24) is 9.80 Å². The number of likely N-dealkylation sites (tertiary alicyclic amines) is 2. The number of carboxylic acids is 1. The predicted octanol–water partition coefficient (Wildman–Crippen LogP) is 0.803. The van der Waals surface area contributed by atoms with Crippen LogP contribution >= 0.6 is 0 Å². The molecule has 7 heteroatoms. The predicted molar refractivity (Wildman–Crippen MR) is 72.3 cm³/mol. The molecule has 1 N–H and O–H groups in total. The Morgan fingerprint density at radius 3 is 2.62 bits per heavy atom. The van der Waals surface area contributed by atoms with Gasteiger partial charge in [0.15, 0.2) is 0 Å². The zero-order chi connectivity index (χ0) is 15.6. The van der Waals surface area contributed by atoms with Gasteiger partial charge in [0.2, 0.25) is 17.5 Å². The van der Waals surface area contributed by atoms with Crippen LogP contribution in [0.3, 0.4) is 0 Å². The summed E-state index contributed by atoms with van der Waals surface area (Å²) in [4.78, 5) is 38.1. The Morgan fingerprint density at radius 2 is 2.05 bits per heavy atom. The Kier molecular flexibility index (Phi) is 4.49. The Bertz CT molecular complexity index is 456. The summed E-state index contributed by atoms with van der Waals surface area (Å²) in [5.41, 5.74) is -2.35. The summed E-state index contributed by atoms with van der Waals surface area (Å²) in [5.74, 6) is -1.90. The largest absolute Gasteiger partial charge is 0.479 e. The van der Waals surface area contributed by atoms with Crippen LogP contribution in [0.4, 0.5) is 4.39 Å². The number of carboxylic acid groups (broad SMARTS) is 1. The maximum atomic E-state index is 14.0. The fourth-order valence-corrected chi connectivity index (χ4v) is 3.03. The molecule has 2 rings (SSSR count). The van der Waals surface area contributed by atoms with Crippen LogP contribution in [0.25, 0.3) is 0 Å². The maximum absolute atomic E-state index is 14.0. The third-order valence-electron chi connectivity index (χ3n) is 4.24. The summed E-state index contributed by atoms with van der Waals surface area (Å²) in [6, 6.07) is -0.555. The van der Waals surface area contributed by atoms with E-state index in [-0.39, 0.29) is 24.8 Å². The molecule has 0 spiro atoms. The summed E-state index contributed by atoms with van der Waals surface area (Å²) >= 11 is 0. The molecule has 2 saturated heterocycles. The first kappa shape index (κ1) is 15.7. The van der Waals surface area contributed by atoms with E-state index in [0.29, 0.717) is 25.8 Å². The molecule has 2 unspecified atom stereocenters. The van der Waals surface area contributed by atoms with Crippen molar-refractivity contribution in [2.75, 3.05) is 19.6 Å². The van der Waals surface area contributed by atoms with Gasteiger partial charge in [0, 0.05) is 25.9 Å². The number of hydrogen-bond acceptors (Lipinski definition) is 3. The first-order valence-electron chi connectivity index (χ1n) is 7.39. The fraction of sp³-hybridized carbons (Fsp3) is 0.786. The van der Waals surface area contributed by atoms with Crippen LogP contribution in [0.5, 0.6) is 0 Å². The van der Waals surface area contributed by atoms with Gasteiger partial charge in [0.05, 0.1) is 6.54 Å². The highest BCUT2D eigenvalue weighted by Gasteiger charge is 2.49. The molecule has 0 aromatic heterocycles. The Labute approximate surface area is 122 Å². The van der Waals surface area contributed by atoms with Gasteiger partial charge in [-0.25, -0.2) is 9.18 Å². The van der Waals surface area contributed by atoms with Crippen LogP contribution in [0.2, 0.25) is 0 Å². The van der Waals surface area contributed by atoms with Crippen molar-refractivity contribution in [2.24, 2.45) is 0 Å². The van der Waals surface area contributed by atoms with E-state index in [2.05, 4.69) is 0 Å². The van der Waals surface area contributed by atoms with E-state index in [9.17, 15) is 18.8 Å². The van der Waals surface area contributed by atoms with Gasteiger partial charge in [-0.3, -0.25) is 9.59 Å². The summed E-state index contributed by atoms with van der Waals surface area (Å²) < 4.78 is 14.0. The number of rotatable bonds is 4. The van der Waals surface area contributed by atoms with Crippen LogP contribution in [-0.4, -0.2) is 64.0 Å². The van der Waals surface area contributed by atoms with Gasteiger partial charge in [-0.1, -0.05) is 6.92 Å². The molecular weight excluding hydrogens is 279 g/mol. The first-order chi connectivity index (χ1) is 9.89. The molecular formula is C14H21FN2O4. The molecule has 0 radical (unpaired) electrons. The average molecular weight is 300 g/mol. The van der Waals surface area contributed by atoms with Crippen molar-refractivity contribution in [1.29, 1.82) is 0 Å². The third-order valence-corrected chi connectivity index (χ3v) is 4.24. The number of halogens is 1. The Hall–Kier alpha value is -1.66. The van der Waals surface area contributed by atoms with E-state index in [1.54, 1.807) is 4.90 Å². The summed E-state index contributed by atoms with van der Waals surface area (Å²) in [5, 5.41) is 8.87. The van der Waals surface area contributed by atoms with E-state index < -0.39 is 24.2 Å². The van der Waals surface area contributed by atoms with E-state index in [4.69, 9.17) is 5.11 Å². The maximum Gasteiger partial charge on any atom is 0.343 e. The van der Waals surface area contributed by atoms with Crippen LogP contribution in [0.1, 0.15) is 39.0 Å². The average Bonchev–Trinajstić information content (AvgIpc) is 3.05. The van der Waals surface area contributed by atoms with Crippen molar-refractivity contribution in [3.63, 3.8) is 0 Å². The molecule has 2 aliphatic heterocycles. The second-order valence-corrected chi connectivity index (χ2v) is 5.78. The van der Waals surface area contributed by atoms with Gasteiger partial charge in [-0.05, 0) is 19.3 Å². The topological polar surface area (TPSA) is 77.9 Å². The highest BCUT2D eigenvalue weighted by molar-refractivity contribution is 5.89. The minimum absolute atomic E-state index is 0.0581. The zero-order valence-corrected chi connectivity index (χ0v) is 12.2. The summed E-state index contributed by atoms with van der Waals surface area (Å²) in [6.07, 6.45) is 2.23. The second-order valence-electron chi connectivity index (χ2n) is 5.78. The van der Waals surface area contributed by atoms with E-state index >= 15 is 0 Å². The molecule has 6 nitrogen and oxygen atoms in total. The van der Waals surface area contributed by atoms with Crippen molar-refractivity contribution < 1.29 is 23.9 Å². The number of nitrogens with zero attached hydrogens (tertiary/aromatic N) is 2. The molecule has 0 bridgehead atoms. The smallest absolute Gasteiger partial charge is 0.343 e. The Balaban J connectivity index is 2.03. The molecule has 21 heavy (non-hydrogen) atoms. The molecule has 2 heterocycles. The van der Waals surface area contributed by atoms with Crippen LogP contribution in [0, 0.1) is 0 Å². The minimum atomic E-state index is -2.35. The number of amides is 2. The normalized spacial score (nSPS) is 29.0. The monoisotopic (exact) mass is 300 g/mol. The summed E-state index contributed by atoms with van der Waals surface area (Å²) in [7, 11) is 0. The van der Waals surface area contributed by atoms with E-state index in [1.165, 1.54) is 4.90 Å². The number of hydrogen-bond donors (Lipinski definition) is 1. The first-order valence-corrected chi connectivity index (χ1v) is 7.39. The van der Waals surface area contributed by atoms with E-state index in [1.807, 2.05) is 6.92 Å². The fourth-order valence-electron chi connectivity index (χ4n) is 3.03. The zero-order valence-electron chi connectivity index (χ0n) is 12.2. The SMILES string of the molecule is CCCC(=O)N1CCCC1C(=O)N1CCC(F)(C(=O)O)C1. The molecule has 2 atom stereocenters. The quantitative estimate of drug-likeness (QED) is 0.833. The molecule has 2 amide bonds. The lowest BCUT2D eigenvalue weighted by Gasteiger charge is -2.28. The lowest BCUT2D eigenvalue weighted by atomic mass is 10.1. The third kappa shape index (κ3) is 3.01. The molecule has 0 aliphatic carbocycles. The molecule has 0 aromatic rings. The van der Waals surface area contributed by atoms with Gasteiger partial charge in [0.25, 0.3) is 0 Å². The van der Waals surface area contributed by atoms with Gasteiger partial charge >= 0.3 is 5.97 Å². The van der Waals surface area contributed by atoms with Crippen LogP contribution in [0.15, 0.2) is 0 Å². The lowest BCUT2D eigenvalue weighted by Crippen LogP contribution is -2.48. The standard InChI is InChI=1S/C14H21FN2O4/c1-2-4-11(18)17-7-3-5-10(17)12(19)16-8-6-14(15,9-16)13(20)21/h10H,2-9H2,1H3,(H,20,21). The highest BCUT2D eigenvalue weighted by atomic mass is 19.1. The highest BCUT2D eigenvalue weighted by Crippen LogP contribution is 2.29. The number of alkyl halides is 1. The Morgan fingerprint density at radius 1 is 1.33 bits per heavy atom. The van der Waals surface area contributed by atoms with Crippen molar-refractivity contribution in [3.05, 3.63) is 0 Å². The molecule has 118 valence electrons. The van der Waals surface area contributed by atoms with Crippen molar-refractivity contribution in [2.45, 2.75) is 50.7 Å². The van der Waals surface area contributed by atoms with Crippen molar-refractivity contribution in [3.8, 4) is 0 Å². The molecule has 0 saturated carbocycles. The van der Waals surface area contributed by atoms with Gasteiger partial charge in [-0.15, -0.1) is 0 Å². The molecule has 2 fully saturated rings. The van der Waals surface area contributed by atoms with Crippen LogP contribution in [-0.2, 0) is 14.4 Å². The van der Waals surface area contributed by atoms with Gasteiger partial charge in [-0.2, -0.15) is 0 Å². The molecule has 2 aliphatic rings. The summed E-state index contributed by atoms with van der Waals surface area (Å²) in [6.45, 7) is 2.11. The number of carbonyl (C=O) groups excluding carboxylic acids is 2.